The minimum absolute atomic E-state index is 0.735. The fraction of sp³-hybridized carbons (Fsp3) is 0.0488. The number of nitrogens with zero attached hydrogens (tertiary/aromatic N) is 3. The predicted octanol–water partition coefficient (Wildman–Crippen LogP) is 10.2. The molecule has 0 amide bonds. The zero-order valence-corrected chi connectivity index (χ0v) is 25.3. The molecule has 0 atom stereocenters. The lowest BCUT2D eigenvalue weighted by atomic mass is 9.92. The van der Waals surface area contributed by atoms with Crippen LogP contribution in [0.5, 0.6) is 0 Å². The lowest BCUT2D eigenvalue weighted by Crippen LogP contribution is -2.24. The molecule has 3 nitrogen and oxygen atoms in total. The highest BCUT2D eigenvalue weighted by Crippen LogP contribution is 2.55. The molecule has 0 saturated carbocycles. The summed E-state index contributed by atoms with van der Waals surface area (Å²) in [4.78, 5) is 10.2. The van der Waals surface area contributed by atoms with Crippen LogP contribution in [0, 0.1) is 13.8 Å². The minimum atomic E-state index is 0.735. The molecular weight excluding hydrogens is 545 g/mol. The number of benzene rings is 6. The van der Waals surface area contributed by atoms with E-state index in [2.05, 4.69) is 157 Å². The molecule has 4 heteroatoms. The van der Waals surface area contributed by atoms with E-state index in [1.165, 1.54) is 16.7 Å². The summed E-state index contributed by atoms with van der Waals surface area (Å²) in [6.45, 7) is 4.31. The highest BCUT2D eigenvalue weighted by atomic mass is 15.3. The van der Waals surface area contributed by atoms with Gasteiger partial charge in [-0.25, -0.2) is 4.98 Å². The number of fused-ring (bicyclic) bond motifs is 3. The standard InChI is InChI=1S/C41H30BN3/c1-27-16-19-29(20-17-27)33-26-34(30-21-23-31(42)24-22-30)43-41-39(25-18-28(2)40(33)41)45-37-14-8-6-12-35(37)44(32-10-4-3-5-11-32)36-13-7-9-15-38(36)45/h3-26H,1-2H3. The average Bonchev–Trinajstić information content (AvgIpc) is 3.08. The smallest absolute Gasteiger partial charge is 0.113 e. The molecule has 6 aromatic carbocycles. The molecule has 1 aliphatic heterocycles. The molecule has 0 bridgehead atoms. The van der Waals surface area contributed by atoms with Crippen LogP contribution in [0.1, 0.15) is 11.1 Å². The third-order valence-electron chi connectivity index (χ3n) is 8.70. The zero-order chi connectivity index (χ0) is 30.5. The Balaban J connectivity index is 1.44. The van der Waals surface area contributed by atoms with Crippen molar-refractivity contribution < 1.29 is 0 Å². The summed E-state index contributed by atoms with van der Waals surface area (Å²) >= 11 is 0. The van der Waals surface area contributed by atoms with Crippen LogP contribution in [-0.4, -0.2) is 12.8 Å². The first-order valence-corrected chi connectivity index (χ1v) is 15.3. The second kappa shape index (κ2) is 10.8. The number of para-hydroxylation sites is 5. The van der Waals surface area contributed by atoms with Gasteiger partial charge in [-0.15, -0.1) is 0 Å². The molecule has 1 aliphatic rings. The van der Waals surface area contributed by atoms with Crippen LogP contribution < -0.4 is 15.3 Å². The zero-order valence-electron chi connectivity index (χ0n) is 25.3. The van der Waals surface area contributed by atoms with E-state index in [-0.39, 0.29) is 0 Å². The maximum atomic E-state index is 6.08. The topological polar surface area (TPSA) is 19.4 Å². The van der Waals surface area contributed by atoms with Crippen LogP contribution in [0.25, 0.3) is 33.3 Å². The van der Waals surface area contributed by atoms with Crippen molar-refractivity contribution in [3.8, 4) is 22.4 Å². The lowest BCUT2D eigenvalue weighted by molar-refractivity contribution is 1.17. The van der Waals surface area contributed by atoms with Gasteiger partial charge in [-0.05, 0) is 79.1 Å². The monoisotopic (exact) mass is 575 g/mol. The van der Waals surface area contributed by atoms with Gasteiger partial charge in [0.15, 0.2) is 0 Å². The highest BCUT2D eigenvalue weighted by Gasteiger charge is 2.31. The van der Waals surface area contributed by atoms with Gasteiger partial charge in [0.05, 0.1) is 39.6 Å². The molecule has 45 heavy (non-hydrogen) atoms. The van der Waals surface area contributed by atoms with Crippen molar-refractivity contribution in [1.29, 1.82) is 0 Å². The number of anilines is 6. The minimum Gasteiger partial charge on any atom is -0.306 e. The Bertz CT molecular complexity index is 2140. The molecule has 1 aromatic heterocycles. The van der Waals surface area contributed by atoms with Gasteiger partial charge in [-0.2, -0.15) is 0 Å². The molecule has 0 unspecified atom stereocenters. The van der Waals surface area contributed by atoms with Crippen molar-refractivity contribution in [2.24, 2.45) is 0 Å². The van der Waals surface area contributed by atoms with Crippen LogP contribution in [-0.2, 0) is 0 Å². The van der Waals surface area contributed by atoms with E-state index < -0.39 is 0 Å². The van der Waals surface area contributed by atoms with Crippen molar-refractivity contribution >= 4 is 58.3 Å². The van der Waals surface area contributed by atoms with Crippen LogP contribution in [0.4, 0.5) is 34.1 Å². The van der Waals surface area contributed by atoms with Crippen molar-refractivity contribution in [1.82, 2.24) is 4.98 Å². The first-order valence-electron chi connectivity index (χ1n) is 15.3. The number of rotatable bonds is 4. The van der Waals surface area contributed by atoms with E-state index >= 15 is 0 Å². The lowest BCUT2D eigenvalue weighted by Gasteiger charge is -2.40. The van der Waals surface area contributed by atoms with E-state index in [1.807, 2.05) is 12.1 Å². The first kappa shape index (κ1) is 27.0. The molecule has 2 heterocycles. The van der Waals surface area contributed by atoms with E-state index in [0.29, 0.717) is 0 Å². The highest BCUT2D eigenvalue weighted by molar-refractivity contribution is 6.32. The Morgan fingerprint density at radius 3 is 1.69 bits per heavy atom. The number of aryl methyl sites for hydroxylation is 2. The van der Waals surface area contributed by atoms with Gasteiger partial charge in [0.1, 0.15) is 7.85 Å². The van der Waals surface area contributed by atoms with Gasteiger partial charge in [0.2, 0.25) is 0 Å². The van der Waals surface area contributed by atoms with E-state index in [0.717, 1.165) is 67.3 Å². The molecule has 0 spiro atoms. The largest absolute Gasteiger partial charge is 0.306 e. The fourth-order valence-electron chi connectivity index (χ4n) is 6.50. The summed E-state index contributed by atoms with van der Waals surface area (Å²) < 4.78 is 0. The Kier molecular flexibility index (Phi) is 6.50. The maximum absolute atomic E-state index is 6.08. The summed E-state index contributed by atoms with van der Waals surface area (Å²) in [6.07, 6.45) is 0. The maximum Gasteiger partial charge on any atom is 0.113 e. The number of pyridine rings is 1. The Labute approximate surface area is 265 Å². The molecule has 2 radical (unpaired) electrons. The number of hydrogen-bond acceptors (Lipinski definition) is 3. The molecular formula is C41H30BN3. The van der Waals surface area contributed by atoms with Crippen LogP contribution in [0.15, 0.2) is 146 Å². The van der Waals surface area contributed by atoms with Crippen LogP contribution >= 0.6 is 0 Å². The van der Waals surface area contributed by atoms with Gasteiger partial charge in [0, 0.05) is 16.6 Å². The molecule has 0 aliphatic carbocycles. The van der Waals surface area contributed by atoms with E-state index in [1.54, 1.807) is 0 Å². The van der Waals surface area contributed by atoms with Gasteiger partial charge in [-0.1, -0.05) is 108 Å². The van der Waals surface area contributed by atoms with E-state index in [9.17, 15) is 0 Å². The van der Waals surface area contributed by atoms with Crippen LogP contribution in [0.3, 0.4) is 0 Å². The summed E-state index contributed by atoms with van der Waals surface area (Å²) in [5.74, 6) is 0. The summed E-state index contributed by atoms with van der Waals surface area (Å²) in [5.41, 5.74) is 15.0. The van der Waals surface area contributed by atoms with Crippen molar-refractivity contribution in [3.05, 3.63) is 157 Å². The third-order valence-corrected chi connectivity index (χ3v) is 8.70. The second-order valence-electron chi connectivity index (χ2n) is 11.7. The van der Waals surface area contributed by atoms with E-state index in [4.69, 9.17) is 12.8 Å². The van der Waals surface area contributed by atoms with Crippen molar-refractivity contribution in [2.75, 3.05) is 9.80 Å². The van der Waals surface area contributed by atoms with Crippen molar-refractivity contribution in [2.45, 2.75) is 13.8 Å². The van der Waals surface area contributed by atoms with Gasteiger partial charge < -0.3 is 9.80 Å². The summed E-state index contributed by atoms with van der Waals surface area (Å²) in [6, 6.07) is 51.3. The third kappa shape index (κ3) is 4.58. The number of aromatic nitrogens is 1. The molecule has 212 valence electrons. The summed E-state index contributed by atoms with van der Waals surface area (Å²) in [7, 11) is 6.08. The number of hydrogen-bond donors (Lipinski definition) is 0. The molecule has 7 aromatic rings. The molecule has 0 N–H and O–H groups in total. The molecule has 0 fully saturated rings. The average molecular weight is 576 g/mol. The Hall–Kier alpha value is -5.61. The normalized spacial score (nSPS) is 12.2. The summed E-state index contributed by atoms with van der Waals surface area (Å²) in [5, 5.41) is 1.15. The van der Waals surface area contributed by atoms with Crippen LogP contribution in [0.2, 0.25) is 0 Å². The first-order chi connectivity index (χ1) is 22.1. The SMILES string of the molecule is [B]c1ccc(-c2cc(-c3ccc(C)cc3)c3c(C)ccc(N4c5ccccc5N(c5ccccc5)c5ccccc54)c3n2)cc1. The predicted molar refractivity (Wildman–Crippen MR) is 190 cm³/mol. The molecule has 8 rings (SSSR count). The fourth-order valence-corrected chi connectivity index (χ4v) is 6.50. The molecule has 0 saturated heterocycles. The van der Waals surface area contributed by atoms with Gasteiger partial charge >= 0.3 is 0 Å². The quantitative estimate of drug-likeness (QED) is 0.195. The Morgan fingerprint density at radius 1 is 0.511 bits per heavy atom. The van der Waals surface area contributed by atoms with Gasteiger partial charge in [-0.3, -0.25) is 0 Å². The van der Waals surface area contributed by atoms with Crippen molar-refractivity contribution in [3.63, 3.8) is 0 Å². The Morgan fingerprint density at radius 2 is 1.07 bits per heavy atom. The second-order valence-corrected chi connectivity index (χ2v) is 11.7. The van der Waals surface area contributed by atoms with Gasteiger partial charge in [0.25, 0.3) is 0 Å².